The zero-order valence-corrected chi connectivity index (χ0v) is 32.8. The third-order valence-electron chi connectivity index (χ3n) is 11.2. The highest BCUT2D eigenvalue weighted by molar-refractivity contribution is 5.87. The largest absolute Gasteiger partial charge is 0.492 e. The van der Waals surface area contributed by atoms with Gasteiger partial charge in [0, 0.05) is 24.4 Å². The van der Waals surface area contributed by atoms with Crippen LogP contribution in [0.1, 0.15) is 113 Å². The van der Waals surface area contributed by atoms with Gasteiger partial charge in [0.1, 0.15) is 24.8 Å². The van der Waals surface area contributed by atoms with Crippen molar-refractivity contribution in [3.05, 3.63) is 88.8 Å². The molecule has 0 bridgehead atoms. The first-order valence-corrected chi connectivity index (χ1v) is 20.1. The number of aliphatic hydroxyl groups is 4. The van der Waals surface area contributed by atoms with E-state index in [0.717, 1.165) is 57.7 Å². The number of hydrogen-bond donors (Lipinski definition) is 4. The topological polar surface area (TPSA) is 116 Å². The van der Waals surface area contributed by atoms with E-state index < -0.39 is 24.6 Å². The molecular weight excluding hydrogens is 683 g/mol. The number of aliphatic hydroxyl groups excluding tert-OH is 4. The van der Waals surface area contributed by atoms with Crippen LogP contribution in [0.2, 0.25) is 0 Å². The van der Waals surface area contributed by atoms with E-state index in [4.69, 9.17) is 9.47 Å². The van der Waals surface area contributed by atoms with Crippen LogP contribution in [-0.2, 0) is 28.8 Å². The Bertz CT molecular complexity index is 1650. The molecule has 4 rings (SSSR count). The van der Waals surface area contributed by atoms with E-state index >= 15 is 4.39 Å². The number of hydrogen-bond acceptors (Lipinski definition) is 7. The molecule has 1 aliphatic carbocycles. The Labute approximate surface area is 322 Å². The lowest BCUT2D eigenvalue weighted by molar-refractivity contribution is -0.146. The summed E-state index contributed by atoms with van der Waals surface area (Å²) in [5.74, 6) is 0.919. The molecule has 296 valence electrons. The summed E-state index contributed by atoms with van der Waals surface area (Å²) in [4.78, 5) is 12.0. The lowest BCUT2D eigenvalue weighted by Gasteiger charge is -2.29. The van der Waals surface area contributed by atoms with Crippen LogP contribution in [0, 0.1) is 17.2 Å². The first-order valence-electron chi connectivity index (χ1n) is 20.1. The number of ether oxygens (including phenoxy) is 2. The summed E-state index contributed by atoms with van der Waals surface area (Å²) < 4.78 is 27.6. The summed E-state index contributed by atoms with van der Waals surface area (Å²) >= 11 is 0. The van der Waals surface area contributed by atoms with E-state index in [2.05, 4.69) is 38.6 Å². The lowest BCUT2D eigenvalue weighted by atomic mass is 9.76. The lowest BCUT2D eigenvalue weighted by Crippen LogP contribution is -2.41. The summed E-state index contributed by atoms with van der Waals surface area (Å²) in [6.07, 6.45) is 12.7. The first-order chi connectivity index (χ1) is 26.1. The second-order valence-electron chi connectivity index (χ2n) is 15.4. The third kappa shape index (κ3) is 11.5. The van der Waals surface area contributed by atoms with Crippen molar-refractivity contribution in [3.63, 3.8) is 0 Å². The summed E-state index contributed by atoms with van der Waals surface area (Å²) in [6, 6.07) is 15.9. The third-order valence-corrected chi connectivity index (χ3v) is 11.2. The van der Waals surface area contributed by atoms with Gasteiger partial charge in [0.2, 0.25) is 0 Å². The molecule has 0 radical (unpaired) electrons. The fourth-order valence-electron chi connectivity index (χ4n) is 7.65. The van der Waals surface area contributed by atoms with Crippen molar-refractivity contribution in [1.82, 2.24) is 0 Å². The molecule has 0 aliphatic heterocycles. The average molecular weight is 747 g/mol. The quantitative estimate of drug-likeness (QED) is 0.0461. The summed E-state index contributed by atoms with van der Waals surface area (Å²) in [5, 5.41) is 39.8. The predicted molar refractivity (Wildman–Crippen MR) is 214 cm³/mol. The Morgan fingerprint density at radius 3 is 2.09 bits per heavy atom. The molecule has 1 fully saturated rings. The van der Waals surface area contributed by atoms with Crippen LogP contribution >= 0.6 is 0 Å². The fraction of sp³-hybridized carbons (Fsp3) is 0.543. The Morgan fingerprint density at radius 2 is 1.48 bits per heavy atom. The molecule has 0 aromatic heterocycles. The van der Waals surface area contributed by atoms with Gasteiger partial charge < -0.3 is 29.9 Å². The molecular formula is C46H63FO7. The van der Waals surface area contributed by atoms with Gasteiger partial charge in [0.25, 0.3) is 0 Å². The normalized spacial score (nSPS) is 16.0. The standard InChI is InChI=1S/C46H63FO7/c1-5-7-8-11-33-14-16-35(17-15-33)36-18-20-40(43(47)27-36)42-26-37(12-9-22-48)41(25-34(42)6-2)38-19-21-44(39(24-38)13-10-23-49)53-30-46(28-50,29-51)31-54-45(52)32(3)4/h18-21,24-27,33,35,48-51H,3,5-17,22-23,28-31H2,1-2,4H3. The minimum Gasteiger partial charge on any atom is -0.492 e. The molecule has 3 aromatic rings. The highest BCUT2D eigenvalue weighted by Crippen LogP contribution is 2.41. The number of halogens is 1. The zero-order chi connectivity index (χ0) is 39.1. The zero-order valence-electron chi connectivity index (χ0n) is 32.8. The molecule has 1 saturated carbocycles. The van der Waals surface area contributed by atoms with Crippen LogP contribution < -0.4 is 4.74 Å². The highest BCUT2D eigenvalue weighted by Gasteiger charge is 2.33. The smallest absolute Gasteiger partial charge is 0.333 e. The number of benzene rings is 3. The number of aryl methyl sites for hydroxylation is 3. The molecule has 4 N–H and O–H groups in total. The molecule has 0 heterocycles. The van der Waals surface area contributed by atoms with Gasteiger partial charge in [-0.2, -0.15) is 0 Å². The van der Waals surface area contributed by atoms with E-state index in [1.54, 1.807) is 6.07 Å². The Balaban J connectivity index is 1.63. The maximum atomic E-state index is 16.1. The van der Waals surface area contributed by atoms with Crippen molar-refractivity contribution >= 4 is 5.97 Å². The molecule has 0 unspecified atom stereocenters. The van der Waals surface area contributed by atoms with Gasteiger partial charge in [-0.15, -0.1) is 0 Å². The number of rotatable bonds is 22. The molecule has 7 nitrogen and oxygen atoms in total. The Morgan fingerprint density at radius 1 is 0.796 bits per heavy atom. The van der Waals surface area contributed by atoms with Crippen LogP contribution in [0.15, 0.2) is 60.7 Å². The van der Waals surface area contributed by atoms with Crippen LogP contribution in [0.25, 0.3) is 22.3 Å². The van der Waals surface area contributed by atoms with Crippen LogP contribution in [0.5, 0.6) is 5.75 Å². The van der Waals surface area contributed by atoms with Crippen molar-refractivity contribution in [1.29, 1.82) is 0 Å². The highest BCUT2D eigenvalue weighted by atomic mass is 19.1. The molecule has 8 heteroatoms. The second kappa shape index (κ2) is 21.5. The molecule has 0 spiro atoms. The Kier molecular flexibility index (Phi) is 17.2. The summed E-state index contributed by atoms with van der Waals surface area (Å²) in [6.45, 7) is 8.14. The van der Waals surface area contributed by atoms with Gasteiger partial charge in [-0.3, -0.25) is 0 Å². The minimum absolute atomic E-state index is 0.0150. The van der Waals surface area contributed by atoms with Crippen molar-refractivity contribution < 1.29 is 39.1 Å². The monoisotopic (exact) mass is 746 g/mol. The maximum absolute atomic E-state index is 16.1. The molecule has 54 heavy (non-hydrogen) atoms. The number of carbonyl (C=O) groups excluding carboxylic acids is 1. The number of carbonyl (C=O) groups is 1. The van der Waals surface area contributed by atoms with Crippen LogP contribution in [-0.4, -0.2) is 66.0 Å². The molecule has 3 aromatic carbocycles. The van der Waals surface area contributed by atoms with Crippen molar-refractivity contribution in [2.75, 3.05) is 39.6 Å². The maximum Gasteiger partial charge on any atom is 0.333 e. The van der Waals surface area contributed by atoms with E-state index in [1.165, 1.54) is 45.4 Å². The summed E-state index contributed by atoms with van der Waals surface area (Å²) in [7, 11) is 0. The van der Waals surface area contributed by atoms with Crippen molar-refractivity contribution in [3.8, 4) is 28.0 Å². The van der Waals surface area contributed by atoms with Gasteiger partial charge >= 0.3 is 5.97 Å². The fourth-order valence-corrected chi connectivity index (χ4v) is 7.65. The van der Waals surface area contributed by atoms with Crippen LogP contribution in [0.3, 0.4) is 0 Å². The molecule has 0 amide bonds. The second-order valence-corrected chi connectivity index (χ2v) is 15.4. The Hall–Kier alpha value is -3.56. The van der Waals surface area contributed by atoms with Gasteiger partial charge in [-0.1, -0.05) is 76.4 Å². The van der Waals surface area contributed by atoms with Gasteiger partial charge in [-0.25, -0.2) is 9.18 Å². The van der Waals surface area contributed by atoms with E-state index in [0.29, 0.717) is 49.3 Å². The van der Waals surface area contributed by atoms with Crippen molar-refractivity contribution in [2.45, 2.75) is 110 Å². The van der Waals surface area contributed by atoms with Crippen LogP contribution in [0.4, 0.5) is 4.39 Å². The van der Waals surface area contributed by atoms with E-state index in [9.17, 15) is 25.2 Å². The van der Waals surface area contributed by atoms with Crippen molar-refractivity contribution in [2.24, 2.45) is 11.3 Å². The van der Waals surface area contributed by atoms with Gasteiger partial charge in [0.05, 0.1) is 18.6 Å². The van der Waals surface area contributed by atoms with E-state index in [1.807, 2.05) is 24.3 Å². The average Bonchev–Trinajstić information content (AvgIpc) is 3.19. The van der Waals surface area contributed by atoms with Gasteiger partial charge in [-0.05, 0) is 134 Å². The number of esters is 1. The van der Waals surface area contributed by atoms with E-state index in [-0.39, 0.29) is 37.8 Å². The van der Waals surface area contributed by atoms with Gasteiger partial charge in [0.15, 0.2) is 0 Å². The molecule has 1 aliphatic rings. The summed E-state index contributed by atoms with van der Waals surface area (Å²) in [5.41, 5.74) is 6.31. The molecule has 0 saturated heterocycles. The first kappa shape index (κ1) is 43.2. The SMILES string of the molecule is C=C(C)C(=O)OCC(CO)(CO)COc1ccc(-c2cc(CC)c(-c3ccc(C4CCC(CCCCC)CC4)cc3F)cc2CCCO)cc1CCCO. The molecule has 0 atom stereocenters. The number of unbranched alkanes of at least 4 members (excludes halogenated alkanes) is 2. The predicted octanol–water partition coefficient (Wildman–Crippen LogP) is 8.90. The minimum atomic E-state index is -1.23.